The van der Waals surface area contributed by atoms with Crippen LogP contribution in [0.25, 0.3) is 0 Å². The average Bonchev–Trinajstić information content (AvgIpc) is 3.13. The van der Waals surface area contributed by atoms with Crippen LogP contribution in [-0.2, 0) is 19.5 Å². The Morgan fingerprint density at radius 2 is 2.19 bits per heavy atom. The van der Waals surface area contributed by atoms with Crippen molar-refractivity contribution in [3.63, 3.8) is 0 Å². The average molecular weight is 283 g/mol. The van der Waals surface area contributed by atoms with Crippen molar-refractivity contribution in [2.24, 2.45) is 0 Å². The first kappa shape index (κ1) is 12.9. The Bertz CT molecular complexity index is 632. The number of hydrogen-bond donors (Lipinski definition) is 1. The van der Waals surface area contributed by atoms with Crippen LogP contribution in [-0.4, -0.2) is 17.2 Å². The molecule has 0 bridgehead atoms. The van der Waals surface area contributed by atoms with E-state index in [4.69, 9.17) is 4.52 Å². The second-order valence-electron chi connectivity index (χ2n) is 6.25. The number of nitrogens with zero attached hydrogens (tertiary/aromatic N) is 2. The number of para-hydroxylation sites is 1. The van der Waals surface area contributed by atoms with Crippen LogP contribution in [0.5, 0.6) is 0 Å². The Morgan fingerprint density at radius 1 is 1.33 bits per heavy atom. The predicted octanol–water partition coefficient (Wildman–Crippen LogP) is 2.88. The maximum atomic E-state index is 5.51. The lowest BCUT2D eigenvalue weighted by molar-refractivity contribution is 0.371. The van der Waals surface area contributed by atoms with Gasteiger partial charge in [0.25, 0.3) is 0 Å². The molecule has 0 radical (unpaired) electrons. The van der Waals surface area contributed by atoms with Gasteiger partial charge < -0.3 is 14.7 Å². The number of aromatic nitrogens is 1. The van der Waals surface area contributed by atoms with Gasteiger partial charge in [-0.25, -0.2) is 0 Å². The molecule has 1 N–H and O–H groups in total. The Morgan fingerprint density at radius 3 is 3.05 bits per heavy atom. The van der Waals surface area contributed by atoms with Crippen molar-refractivity contribution in [1.29, 1.82) is 0 Å². The van der Waals surface area contributed by atoms with Crippen LogP contribution < -0.4 is 10.2 Å². The topological polar surface area (TPSA) is 41.3 Å². The van der Waals surface area contributed by atoms with E-state index in [0.29, 0.717) is 12.1 Å². The van der Waals surface area contributed by atoms with Crippen LogP contribution in [0.3, 0.4) is 0 Å². The molecule has 1 aliphatic carbocycles. The summed E-state index contributed by atoms with van der Waals surface area (Å²) in [6.07, 6.45) is 3.71. The Balaban J connectivity index is 1.45. The van der Waals surface area contributed by atoms with Crippen LogP contribution in [0, 0.1) is 0 Å². The summed E-state index contributed by atoms with van der Waals surface area (Å²) in [5, 5.41) is 7.64. The molecule has 2 aliphatic rings. The van der Waals surface area contributed by atoms with Gasteiger partial charge in [-0.3, -0.25) is 0 Å². The molecule has 1 saturated carbocycles. The van der Waals surface area contributed by atoms with Crippen molar-refractivity contribution in [1.82, 2.24) is 10.5 Å². The van der Waals surface area contributed by atoms with Gasteiger partial charge in [-0.2, -0.15) is 0 Å². The van der Waals surface area contributed by atoms with Gasteiger partial charge in [0.1, 0.15) is 0 Å². The minimum Gasteiger partial charge on any atom is -0.361 e. The largest absolute Gasteiger partial charge is 0.361 e. The van der Waals surface area contributed by atoms with E-state index in [0.717, 1.165) is 31.0 Å². The minimum absolute atomic E-state index is 0.514. The third-order valence-electron chi connectivity index (χ3n) is 4.43. The monoisotopic (exact) mass is 283 g/mol. The second kappa shape index (κ2) is 5.19. The van der Waals surface area contributed by atoms with Crippen LogP contribution >= 0.6 is 0 Å². The lowest BCUT2D eigenvalue weighted by Gasteiger charge is -2.23. The summed E-state index contributed by atoms with van der Waals surface area (Å²) >= 11 is 0. The molecule has 1 unspecified atom stereocenters. The number of hydrogen-bond acceptors (Lipinski definition) is 4. The Hall–Kier alpha value is -1.81. The molecule has 2 aromatic rings. The molecule has 0 amide bonds. The molecule has 1 aromatic heterocycles. The van der Waals surface area contributed by atoms with E-state index < -0.39 is 0 Å². The number of rotatable bonds is 5. The van der Waals surface area contributed by atoms with Crippen LogP contribution in [0.2, 0.25) is 0 Å². The molecule has 1 aromatic carbocycles. The third-order valence-corrected chi connectivity index (χ3v) is 4.43. The van der Waals surface area contributed by atoms with E-state index in [1.165, 1.54) is 24.1 Å². The van der Waals surface area contributed by atoms with E-state index in [1.807, 2.05) is 0 Å². The van der Waals surface area contributed by atoms with E-state index in [-0.39, 0.29) is 0 Å². The SMILES string of the molecule is CC1Cc2ccccc2N1Cc1cc(CNC2CC2)no1. The predicted molar refractivity (Wildman–Crippen MR) is 82.2 cm³/mol. The van der Waals surface area contributed by atoms with Gasteiger partial charge in [0.05, 0.1) is 12.2 Å². The standard InChI is InChI=1S/C17H21N3O/c1-12-8-13-4-2-3-5-17(13)20(12)11-16-9-15(19-21-16)10-18-14-6-7-14/h2-5,9,12,14,18H,6-8,10-11H2,1H3. The maximum Gasteiger partial charge on any atom is 0.156 e. The number of benzene rings is 1. The summed E-state index contributed by atoms with van der Waals surface area (Å²) < 4.78 is 5.51. The van der Waals surface area contributed by atoms with Crippen molar-refractivity contribution in [2.75, 3.05) is 4.90 Å². The number of anilines is 1. The van der Waals surface area contributed by atoms with Crippen molar-refractivity contribution in [3.05, 3.63) is 47.3 Å². The smallest absolute Gasteiger partial charge is 0.156 e. The minimum atomic E-state index is 0.514. The van der Waals surface area contributed by atoms with Crippen molar-refractivity contribution in [3.8, 4) is 0 Å². The summed E-state index contributed by atoms with van der Waals surface area (Å²) in [6.45, 7) is 3.89. The molecular formula is C17H21N3O. The molecule has 1 aliphatic heterocycles. The Kier molecular flexibility index (Phi) is 3.19. The Labute approximate surface area is 125 Å². The zero-order valence-corrected chi connectivity index (χ0v) is 12.4. The molecule has 2 heterocycles. The van der Waals surface area contributed by atoms with Crippen molar-refractivity contribution >= 4 is 5.69 Å². The van der Waals surface area contributed by atoms with Gasteiger partial charge in [-0.15, -0.1) is 0 Å². The highest BCUT2D eigenvalue weighted by Gasteiger charge is 2.26. The highest BCUT2D eigenvalue weighted by atomic mass is 16.5. The number of fused-ring (bicyclic) bond motifs is 1. The highest BCUT2D eigenvalue weighted by Crippen LogP contribution is 2.33. The van der Waals surface area contributed by atoms with E-state index >= 15 is 0 Å². The summed E-state index contributed by atoms with van der Waals surface area (Å²) in [6, 6.07) is 11.9. The lowest BCUT2D eigenvalue weighted by Crippen LogP contribution is -2.28. The quantitative estimate of drug-likeness (QED) is 0.916. The van der Waals surface area contributed by atoms with Crippen LogP contribution in [0.15, 0.2) is 34.9 Å². The fraction of sp³-hybridized carbons (Fsp3) is 0.471. The lowest BCUT2D eigenvalue weighted by atomic mass is 10.1. The third kappa shape index (κ3) is 2.68. The fourth-order valence-electron chi connectivity index (χ4n) is 3.09. The summed E-state index contributed by atoms with van der Waals surface area (Å²) in [4.78, 5) is 2.41. The molecule has 1 fully saturated rings. The molecule has 1 atom stereocenters. The van der Waals surface area contributed by atoms with Gasteiger partial charge in [0.15, 0.2) is 5.76 Å². The molecule has 21 heavy (non-hydrogen) atoms. The van der Waals surface area contributed by atoms with Crippen molar-refractivity contribution < 1.29 is 4.52 Å². The molecule has 4 heteroatoms. The van der Waals surface area contributed by atoms with E-state index in [2.05, 4.69) is 52.6 Å². The van der Waals surface area contributed by atoms with Crippen LogP contribution in [0.1, 0.15) is 36.8 Å². The summed E-state index contributed by atoms with van der Waals surface area (Å²) in [5.41, 5.74) is 3.77. The molecular weight excluding hydrogens is 262 g/mol. The van der Waals surface area contributed by atoms with E-state index in [1.54, 1.807) is 0 Å². The first-order chi connectivity index (χ1) is 10.3. The van der Waals surface area contributed by atoms with Gasteiger partial charge >= 0.3 is 0 Å². The second-order valence-corrected chi connectivity index (χ2v) is 6.25. The number of nitrogens with one attached hydrogen (secondary N) is 1. The molecule has 110 valence electrons. The molecule has 0 spiro atoms. The van der Waals surface area contributed by atoms with Gasteiger partial charge in [-0.05, 0) is 37.8 Å². The summed E-state index contributed by atoms with van der Waals surface area (Å²) in [7, 11) is 0. The molecule has 0 saturated heterocycles. The van der Waals surface area contributed by atoms with Gasteiger partial charge in [0.2, 0.25) is 0 Å². The molecule has 4 nitrogen and oxygen atoms in total. The van der Waals surface area contributed by atoms with Gasteiger partial charge in [0, 0.05) is 30.4 Å². The first-order valence-electron chi connectivity index (χ1n) is 7.82. The van der Waals surface area contributed by atoms with E-state index in [9.17, 15) is 0 Å². The highest BCUT2D eigenvalue weighted by molar-refractivity contribution is 5.59. The van der Waals surface area contributed by atoms with Crippen molar-refractivity contribution in [2.45, 2.75) is 51.4 Å². The zero-order chi connectivity index (χ0) is 14.2. The maximum absolute atomic E-state index is 5.51. The fourth-order valence-corrected chi connectivity index (χ4v) is 3.09. The summed E-state index contributed by atoms with van der Waals surface area (Å²) in [5.74, 6) is 0.950. The molecule has 4 rings (SSSR count). The normalized spacial score (nSPS) is 20.8. The van der Waals surface area contributed by atoms with Gasteiger partial charge in [-0.1, -0.05) is 23.4 Å². The van der Waals surface area contributed by atoms with Crippen LogP contribution in [0.4, 0.5) is 5.69 Å². The zero-order valence-electron chi connectivity index (χ0n) is 12.4. The first-order valence-corrected chi connectivity index (χ1v) is 7.82.